The zero-order valence-corrected chi connectivity index (χ0v) is 7.17. The molecule has 1 rings (SSSR count). The molecule has 0 spiro atoms. The highest BCUT2D eigenvalue weighted by Gasteiger charge is 2.20. The lowest BCUT2D eigenvalue weighted by atomic mass is 10.3. The van der Waals surface area contributed by atoms with Crippen LogP contribution < -0.4 is 0 Å². The van der Waals surface area contributed by atoms with E-state index >= 15 is 0 Å². The monoisotopic (exact) mass is 172 g/mol. The SMILES string of the molecule is CC1=CC=NC(C)N1C(=O)Cl. The normalized spacial score (nSPS) is 23.4. The van der Waals surface area contributed by atoms with E-state index in [-0.39, 0.29) is 6.17 Å². The number of hydrogen-bond acceptors (Lipinski definition) is 2. The molecule has 0 saturated heterocycles. The maximum atomic E-state index is 10.8. The Morgan fingerprint density at radius 3 is 2.82 bits per heavy atom. The van der Waals surface area contributed by atoms with Crippen molar-refractivity contribution in [3.63, 3.8) is 0 Å². The summed E-state index contributed by atoms with van der Waals surface area (Å²) in [6, 6.07) is 0. The fourth-order valence-corrected chi connectivity index (χ4v) is 1.28. The Bertz CT molecular complexity index is 235. The summed E-state index contributed by atoms with van der Waals surface area (Å²) in [7, 11) is 0. The molecule has 11 heavy (non-hydrogen) atoms. The summed E-state index contributed by atoms with van der Waals surface area (Å²) in [4.78, 5) is 16.2. The maximum Gasteiger partial charge on any atom is 0.322 e. The molecule has 0 bridgehead atoms. The highest BCUT2D eigenvalue weighted by atomic mass is 35.5. The van der Waals surface area contributed by atoms with Crippen molar-refractivity contribution in [2.24, 2.45) is 4.99 Å². The molecule has 0 aromatic carbocycles. The fourth-order valence-electron chi connectivity index (χ4n) is 1.00. The zero-order chi connectivity index (χ0) is 8.43. The first-order valence-corrected chi connectivity index (χ1v) is 3.69. The van der Waals surface area contributed by atoms with Gasteiger partial charge in [-0.1, -0.05) is 0 Å². The Labute approximate surface area is 70.4 Å². The van der Waals surface area contributed by atoms with Gasteiger partial charge < -0.3 is 0 Å². The van der Waals surface area contributed by atoms with Crippen LogP contribution in [0.2, 0.25) is 0 Å². The third kappa shape index (κ3) is 1.60. The molecule has 0 fully saturated rings. The average molecular weight is 173 g/mol. The quantitative estimate of drug-likeness (QED) is 0.406. The van der Waals surface area contributed by atoms with Crippen molar-refractivity contribution in [1.82, 2.24) is 4.90 Å². The van der Waals surface area contributed by atoms with Crippen molar-refractivity contribution < 1.29 is 4.79 Å². The van der Waals surface area contributed by atoms with Gasteiger partial charge in [0.2, 0.25) is 0 Å². The van der Waals surface area contributed by atoms with E-state index in [9.17, 15) is 4.79 Å². The van der Waals surface area contributed by atoms with Gasteiger partial charge in [-0.05, 0) is 31.5 Å². The van der Waals surface area contributed by atoms with Gasteiger partial charge in [0.25, 0.3) is 0 Å². The smallest absolute Gasteiger partial charge is 0.280 e. The number of rotatable bonds is 0. The van der Waals surface area contributed by atoms with Crippen molar-refractivity contribution >= 4 is 23.2 Å². The molecular formula is C7H9ClN2O. The molecular weight excluding hydrogens is 164 g/mol. The molecule has 0 aromatic rings. The third-order valence-electron chi connectivity index (χ3n) is 1.56. The summed E-state index contributed by atoms with van der Waals surface area (Å²) in [5.41, 5.74) is 0.826. The molecule has 0 N–H and O–H groups in total. The van der Waals surface area contributed by atoms with Gasteiger partial charge in [0, 0.05) is 11.9 Å². The van der Waals surface area contributed by atoms with Crippen molar-refractivity contribution in [1.29, 1.82) is 0 Å². The molecule has 1 heterocycles. The molecule has 1 amide bonds. The second-order valence-corrected chi connectivity index (χ2v) is 2.68. The molecule has 1 atom stereocenters. The van der Waals surface area contributed by atoms with Crippen LogP contribution in [-0.2, 0) is 0 Å². The van der Waals surface area contributed by atoms with Crippen molar-refractivity contribution in [3.05, 3.63) is 11.8 Å². The minimum Gasteiger partial charge on any atom is -0.280 e. The van der Waals surface area contributed by atoms with Crippen LogP contribution in [0, 0.1) is 0 Å². The number of hydrogen-bond donors (Lipinski definition) is 0. The topological polar surface area (TPSA) is 32.7 Å². The molecule has 3 nitrogen and oxygen atoms in total. The molecule has 60 valence electrons. The van der Waals surface area contributed by atoms with Gasteiger partial charge >= 0.3 is 5.37 Å². The van der Waals surface area contributed by atoms with Crippen LogP contribution in [0.5, 0.6) is 0 Å². The first-order valence-electron chi connectivity index (χ1n) is 3.31. The van der Waals surface area contributed by atoms with E-state index in [1.54, 1.807) is 12.3 Å². The van der Waals surface area contributed by atoms with Crippen molar-refractivity contribution in [3.8, 4) is 0 Å². The van der Waals surface area contributed by atoms with Gasteiger partial charge in [0.05, 0.1) is 0 Å². The molecule has 1 unspecified atom stereocenters. The Kier molecular flexibility index (Phi) is 2.29. The summed E-state index contributed by atoms with van der Waals surface area (Å²) in [6.07, 6.45) is 3.25. The number of carbonyl (C=O) groups is 1. The third-order valence-corrected chi connectivity index (χ3v) is 1.74. The second kappa shape index (κ2) is 3.05. The van der Waals surface area contributed by atoms with Gasteiger partial charge in [-0.3, -0.25) is 14.7 Å². The number of halogens is 1. The molecule has 0 saturated carbocycles. The molecule has 4 heteroatoms. The number of allylic oxidation sites excluding steroid dienone is 2. The lowest BCUT2D eigenvalue weighted by Gasteiger charge is -2.26. The van der Waals surface area contributed by atoms with Crippen LogP contribution in [0.4, 0.5) is 4.79 Å². The summed E-state index contributed by atoms with van der Waals surface area (Å²) in [5, 5.41) is -0.483. The second-order valence-electron chi connectivity index (χ2n) is 2.36. The Balaban J connectivity index is 2.86. The molecule has 1 aliphatic rings. The Morgan fingerprint density at radius 2 is 2.45 bits per heavy atom. The van der Waals surface area contributed by atoms with Crippen LogP contribution >= 0.6 is 11.6 Å². The highest BCUT2D eigenvalue weighted by molar-refractivity contribution is 6.63. The summed E-state index contributed by atoms with van der Waals surface area (Å²) >= 11 is 5.32. The lowest BCUT2D eigenvalue weighted by Crippen LogP contribution is -2.34. The van der Waals surface area contributed by atoms with Crippen molar-refractivity contribution in [2.45, 2.75) is 20.0 Å². The zero-order valence-electron chi connectivity index (χ0n) is 6.41. The predicted molar refractivity (Wildman–Crippen MR) is 44.8 cm³/mol. The van der Waals surface area contributed by atoms with Gasteiger partial charge in [-0.2, -0.15) is 0 Å². The summed E-state index contributed by atoms with van der Waals surface area (Å²) in [5.74, 6) is 0. The Hall–Kier alpha value is -0.830. The average Bonchev–Trinajstić information content (AvgIpc) is 1.85. The van der Waals surface area contributed by atoms with Crippen LogP contribution in [0.3, 0.4) is 0 Å². The molecule has 0 radical (unpaired) electrons. The molecule has 0 aliphatic carbocycles. The van der Waals surface area contributed by atoms with Gasteiger partial charge in [0.15, 0.2) is 0 Å². The van der Waals surface area contributed by atoms with Crippen LogP contribution in [0.25, 0.3) is 0 Å². The first-order chi connectivity index (χ1) is 5.13. The van der Waals surface area contributed by atoms with Crippen LogP contribution in [0.1, 0.15) is 13.8 Å². The Morgan fingerprint density at radius 1 is 1.82 bits per heavy atom. The van der Waals surface area contributed by atoms with E-state index in [4.69, 9.17) is 11.6 Å². The highest BCUT2D eigenvalue weighted by Crippen LogP contribution is 2.15. The van der Waals surface area contributed by atoms with Gasteiger partial charge in [-0.15, -0.1) is 0 Å². The largest absolute Gasteiger partial charge is 0.322 e. The number of carbonyl (C=O) groups excluding carboxylic acids is 1. The van der Waals surface area contributed by atoms with Crippen LogP contribution in [-0.4, -0.2) is 22.6 Å². The van der Waals surface area contributed by atoms with E-state index in [0.717, 1.165) is 5.70 Å². The van der Waals surface area contributed by atoms with Gasteiger partial charge in [0.1, 0.15) is 6.17 Å². The van der Waals surface area contributed by atoms with E-state index in [0.29, 0.717) is 0 Å². The standard InChI is InChI=1S/C7H9ClN2O/c1-5-3-4-9-6(2)10(5)7(8)11/h3-4,6H,1-2H3. The van der Waals surface area contributed by atoms with E-state index in [1.165, 1.54) is 4.90 Å². The molecule has 1 aliphatic heterocycles. The minimum absolute atomic E-state index is 0.176. The van der Waals surface area contributed by atoms with Crippen molar-refractivity contribution in [2.75, 3.05) is 0 Å². The minimum atomic E-state index is -0.483. The van der Waals surface area contributed by atoms with Crippen LogP contribution in [0.15, 0.2) is 16.8 Å². The number of nitrogens with zero attached hydrogens (tertiary/aromatic N) is 2. The van der Waals surface area contributed by atoms with E-state index in [1.807, 2.05) is 13.8 Å². The van der Waals surface area contributed by atoms with Gasteiger partial charge in [-0.25, -0.2) is 0 Å². The summed E-state index contributed by atoms with van der Waals surface area (Å²) in [6.45, 7) is 3.63. The van der Waals surface area contributed by atoms with E-state index < -0.39 is 5.37 Å². The first kappa shape index (κ1) is 8.27. The fraction of sp³-hybridized carbons (Fsp3) is 0.429. The number of aliphatic imine (C=N–C) groups is 1. The maximum absolute atomic E-state index is 10.8. The summed E-state index contributed by atoms with van der Waals surface area (Å²) < 4.78 is 0. The van der Waals surface area contributed by atoms with E-state index in [2.05, 4.69) is 4.99 Å². The lowest BCUT2D eigenvalue weighted by molar-refractivity contribution is 0.222. The number of amides is 1. The molecule has 0 aromatic heterocycles. The predicted octanol–water partition coefficient (Wildman–Crippen LogP) is 1.98.